The summed E-state index contributed by atoms with van der Waals surface area (Å²) in [6, 6.07) is 7.69. The highest BCUT2D eigenvalue weighted by molar-refractivity contribution is 6.00. The van der Waals surface area contributed by atoms with Gasteiger partial charge in [-0.05, 0) is 70.7 Å². The Labute approximate surface area is 153 Å². The van der Waals surface area contributed by atoms with Crippen molar-refractivity contribution in [3.05, 3.63) is 36.1 Å². The molecule has 2 saturated heterocycles. The summed E-state index contributed by atoms with van der Waals surface area (Å²) in [5.74, 6) is 0.143. The van der Waals surface area contributed by atoms with E-state index < -0.39 is 5.60 Å². The Kier molecular flexibility index (Phi) is 4.05. The molecule has 0 N–H and O–H groups in total. The highest BCUT2D eigenvalue weighted by atomic mass is 16.6. The van der Waals surface area contributed by atoms with Gasteiger partial charge in [0.25, 0.3) is 0 Å². The van der Waals surface area contributed by atoms with Crippen LogP contribution in [-0.2, 0) is 4.74 Å². The molecule has 0 aliphatic carbocycles. The average Bonchev–Trinajstić information content (AvgIpc) is 3.14. The molecule has 1 aromatic carbocycles. The number of ketones is 1. The van der Waals surface area contributed by atoms with Crippen LogP contribution >= 0.6 is 0 Å². The average molecular weight is 355 g/mol. The van der Waals surface area contributed by atoms with Crippen molar-refractivity contribution >= 4 is 22.8 Å². The zero-order valence-corrected chi connectivity index (χ0v) is 15.5. The van der Waals surface area contributed by atoms with E-state index in [0.29, 0.717) is 0 Å². The normalized spacial score (nSPS) is 25.5. The molecule has 2 aliphatic heterocycles. The summed E-state index contributed by atoms with van der Waals surface area (Å²) in [7, 11) is 0. The second-order valence-electron chi connectivity index (χ2n) is 8.48. The number of hydrogen-bond acceptors (Lipinski definition) is 4. The highest BCUT2D eigenvalue weighted by Crippen LogP contribution is 2.40. The molecule has 0 saturated carbocycles. The first-order valence-corrected chi connectivity index (χ1v) is 9.34. The number of ether oxygens (including phenoxy) is 1. The Morgan fingerprint density at radius 1 is 1.12 bits per heavy atom. The van der Waals surface area contributed by atoms with Gasteiger partial charge in [0, 0.05) is 29.0 Å². The molecule has 4 rings (SSSR count). The maximum atomic E-state index is 13.0. The molecular formula is C21H25NO4. The van der Waals surface area contributed by atoms with Crippen molar-refractivity contribution in [2.75, 3.05) is 0 Å². The van der Waals surface area contributed by atoms with Crippen LogP contribution in [0.5, 0.6) is 0 Å². The largest absolute Gasteiger partial charge is 0.464 e. The molecule has 5 nitrogen and oxygen atoms in total. The van der Waals surface area contributed by atoms with Gasteiger partial charge in [-0.1, -0.05) is 0 Å². The van der Waals surface area contributed by atoms with Crippen molar-refractivity contribution in [3.63, 3.8) is 0 Å². The number of nitrogens with zero attached hydrogens (tertiary/aromatic N) is 1. The van der Waals surface area contributed by atoms with E-state index in [1.807, 2.05) is 49.9 Å². The lowest BCUT2D eigenvalue weighted by atomic mass is 9.84. The van der Waals surface area contributed by atoms with Crippen molar-refractivity contribution in [2.24, 2.45) is 5.92 Å². The molecule has 2 aliphatic rings. The molecule has 0 radical (unpaired) electrons. The summed E-state index contributed by atoms with van der Waals surface area (Å²) >= 11 is 0. The Balaban J connectivity index is 1.49. The van der Waals surface area contributed by atoms with Gasteiger partial charge in [0.1, 0.15) is 11.2 Å². The van der Waals surface area contributed by atoms with Gasteiger partial charge in [0.05, 0.1) is 6.26 Å². The van der Waals surface area contributed by atoms with E-state index in [2.05, 4.69) is 0 Å². The number of rotatable bonds is 2. The molecule has 2 aromatic rings. The van der Waals surface area contributed by atoms with Gasteiger partial charge in [-0.25, -0.2) is 4.79 Å². The van der Waals surface area contributed by atoms with Crippen LogP contribution in [0.4, 0.5) is 4.79 Å². The number of piperidine rings is 1. The fourth-order valence-electron chi connectivity index (χ4n) is 4.36. The van der Waals surface area contributed by atoms with Crippen LogP contribution in [0.3, 0.4) is 0 Å². The highest BCUT2D eigenvalue weighted by Gasteiger charge is 2.46. The first-order valence-electron chi connectivity index (χ1n) is 9.34. The van der Waals surface area contributed by atoms with E-state index in [4.69, 9.17) is 9.15 Å². The fourth-order valence-corrected chi connectivity index (χ4v) is 4.36. The quantitative estimate of drug-likeness (QED) is 0.727. The number of hydrogen-bond donors (Lipinski definition) is 0. The van der Waals surface area contributed by atoms with Gasteiger partial charge >= 0.3 is 6.09 Å². The van der Waals surface area contributed by atoms with E-state index in [9.17, 15) is 9.59 Å². The minimum absolute atomic E-state index is 0.0319. The zero-order valence-electron chi connectivity index (χ0n) is 15.5. The van der Waals surface area contributed by atoms with Gasteiger partial charge in [0.2, 0.25) is 0 Å². The summed E-state index contributed by atoms with van der Waals surface area (Å²) in [5, 5.41) is 0.949. The predicted molar refractivity (Wildman–Crippen MR) is 98.2 cm³/mol. The molecule has 0 spiro atoms. The van der Waals surface area contributed by atoms with E-state index >= 15 is 0 Å². The first-order chi connectivity index (χ1) is 12.3. The second kappa shape index (κ2) is 6.15. The lowest BCUT2D eigenvalue weighted by Crippen LogP contribution is -2.49. The van der Waals surface area contributed by atoms with Crippen LogP contribution in [-0.4, -0.2) is 34.5 Å². The molecule has 5 heteroatoms. The number of fused-ring (bicyclic) bond motifs is 3. The molecule has 2 fully saturated rings. The Morgan fingerprint density at radius 3 is 2.46 bits per heavy atom. The van der Waals surface area contributed by atoms with Crippen LogP contribution in [0, 0.1) is 5.92 Å². The van der Waals surface area contributed by atoms with Gasteiger partial charge in [-0.3, -0.25) is 4.79 Å². The SMILES string of the molecule is CC(C)(C)OC(=O)N1C2CCC1CC(C(=O)c1ccc3occc3c1)C2. The van der Waals surface area contributed by atoms with Crippen LogP contribution in [0.25, 0.3) is 11.0 Å². The smallest absolute Gasteiger partial charge is 0.410 e. The first kappa shape index (κ1) is 17.1. The molecule has 3 heterocycles. The molecule has 1 aromatic heterocycles. The van der Waals surface area contributed by atoms with E-state index in [0.717, 1.165) is 42.2 Å². The monoisotopic (exact) mass is 355 g/mol. The van der Waals surface area contributed by atoms with Crippen LogP contribution in [0.2, 0.25) is 0 Å². The third-order valence-electron chi connectivity index (χ3n) is 5.45. The summed E-state index contributed by atoms with van der Waals surface area (Å²) in [6.07, 6.45) is 4.74. The van der Waals surface area contributed by atoms with Crippen LogP contribution in [0.1, 0.15) is 56.8 Å². The van der Waals surface area contributed by atoms with Crippen molar-refractivity contribution in [3.8, 4) is 0 Å². The van der Waals surface area contributed by atoms with Crippen LogP contribution < -0.4 is 0 Å². The van der Waals surface area contributed by atoms with E-state index in [1.165, 1.54) is 0 Å². The van der Waals surface area contributed by atoms with Crippen molar-refractivity contribution < 1.29 is 18.7 Å². The molecular weight excluding hydrogens is 330 g/mol. The minimum Gasteiger partial charge on any atom is -0.464 e. The summed E-state index contributed by atoms with van der Waals surface area (Å²) in [6.45, 7) is 5.65. The zero-order chi connectivity index (χ0) is 18.5. The molecule has 26 heavy (non-hydrogen) atoms. The topological polar surface area (TPSA) is 59.8 Å². The lowest BCUT2D eigenvalue weighted by Gasteiger charge is -2.39. The second-order valence-corrected chi connectivity index (χ2v) is 8.48. The summed E-state index contributed by atoms with van der Waals surface area (Å²) in [5.41, 5.74) is 1.03. The van der Waals surface area contributed by atoms with Gasteiger partial charge < -0.3 is 14.1 Å². The number of furan rings is 1. The molecule has 2 bridgehead atoms. The maximum Gasteiger partial charge on any atom is 0.410 e. The lowest BCUT2D eigenvalue weighted by molar-refractivity contribution is 0.00254. The molecule has 138 valence electrons. The van der Waals surface area contributed by atoms with Crippen molar-refractivity contribution in [1.29, 1.82) is 0 Å². The van der Waals surface area contributed by atoms with Gasteiger partial charge in [-0.15, -0.1) is 0 Å². The number of carbonyl (C=O) groups excluding carboxylic acids is 2. The molecule has 2 unspecified atom stereocenters. The number of Topliss-reactive ketones (excluding diaryl/α,β-unsaturated/α-hetero) is 1. The number of amides is 1. The van der Waals surface area contributed by atoms with Crippen molar-refractivity contribution in [1.82, 2.24) is 4.90 Å². The fraction of sp³-hybridized carbons (Fsp3) is 0.524. The minimum atomic E-state index is -0.497. The summed E-state index contributed by atoms with van der Waals surface area (Å²) in [4.78, 5) is 27.5. The van der Waals surface area contributed by atoms with Gasteiger partial charge in [-0.2, -0.15) is 0 Å². The predicted octanol–water partition coefficient (Wildman–Crippen LogP) is 4.79. The Morgan fingerprint density at radius 2 is 1.81 bits per heavy atom. The van der Waals surface area contributed by atoms with E-state index in [1.54, 1.807) is 6.26 Å². The molecule has 2 atom stereocenters. The Bertz CT molecular complexity index is 833. The summed E-state index contributed by atoms with van der Waals surface area (Å²) < 4.78 is 10.9. The third-order valence-corrected chi connectivity index (χ3v) is 5.45. The number of benzene rings is 1. The standard InChI is InChI=1S/C21H25NO4/c1-21(2,3)26-20(24)22-16-5-6-17(22)12-15(11-16)19(23)14-4-7-18-13(10-14)8-9-25-18/h4,7-10,15-17H,5-6,11-12H2,1-3H3. The van der Waals surface area contributed by atoms with Crippen LogP contribution in [0.15, 0.2) is 34.9 Å². The Hall–Kier alpha value is -2.30. The number of carbonyl (C=O) groups is 2. The van der Waals surface area contributed by atoms with Gasteiger partial charge in [0.15, 0.2) is 5.78 Å². The molecule has 1 amide bonds. The van der Waals surface area contributed by atoms with Crippen molar-refractivity contribution in [2.45, 2.75) is 64.1 Å². The maximum absolute atomic E-state index is 13.0. The third kappa shape index (κ3) is 3.11. The van der Waals surface area contributed by atoms with E-state index in [-0.39, 0.29) is 29.9 Å².